The van der Waals surface area contributed by atoms with Gasteiger partial charge in [-0.1, -0.05) is 41.3 Å². The third-order valence-electron chi connectivity index (χ3n) is 3.58. The van der Waals surface area contributed by atoms with Gasteiger partial charge in [0.2, 0.25) is 5.13 Å². The number of rotatable bonds is 8. The Morgan fingerprint density at radius 2 is 1.64 bits per heavy atom. The number of nitrogens with zero attached hydrogens (tertiary/aromatic N) is 2. The maximum absolute atomic E-state index is 12.4. The summed E-state index contributed by atoms with van der Waals surface area (Å²) in [5.74, 6) is 0.283. The van der Waals surface area contributed by atoms with Gasteiger partial charge in [0.05, 0.1) is 6.61 Å². The van der Waals surface area contributed by atoms with Crippen LogP contribution in [0.3, 0.4) is 0 Å². The molecule has 2 aromatic carbocycles. The molecule has 3 rings (SSSR count). The van der Waals surface area contributed by atoms with Gasteiger partial charge in [0.15, 0.2) is 4.34 Å². The number of hydrogen-bond donors (Lipinski definition) is 2. The molecule has 0 saturated heterocycles. The number of aromatic nitrogens is 2. The summed E-state index contributed by atoms with van der Waals surface area (Å²) in [6.07, 6.45) is 0. The first-order chi connectivity index (χ1) is 13.7. The molecule has 0 aliphatic carbocycles. The summed E-state index contributed by atoms with van der Waals surface area (Å²) in [6.45, 7) is 0.624. The lowest BCUT2D eigenvalue weighted by molar-refractivity contribution is 0.102. The Labute approximate surface area is 170 Å². The molecule has 2 N–H and O–H groups in total. The van der Waals surface area contributed by atoms with Gasteiger partial charge in [-0.15, -0.1) is 10.2 Å². The van der Waals surface area contributed by atoms with Gasteiger partial charge in [-0.25, -0.2) is 0 Å². The van der Waals surface area contributed by atoms with Gasteiger partial charge in [0.25, 0.3) is 11.8 Å². The van der Waals surface area contributed by atoms with Crippen molar-refractivity contribution in [3.63, 3.8) is 0 Å². The van der Waals surface area contributed by atoms with E-state index in [2.05, 4.69) is 20.8 Å². The minimum atomic E-state index is -0.287. The number of amides is 2. The van der Waals surface area contributed by atoms with E-state index in [1.165, 1.54) is 23.1 Å². The minimum absolute atomic E-state index is 0.204. The van der Waals surface area contributed by atoms with Gasteiger partial charge in [0, 0.05) is 29.7 Å². The average Bonchev–Trinajstić information content (AvgIpc) is 3.16. The van der Waals surface area contributed by atoms with E-state index in [1.54, 1.807) is 55.6 Å². The summed E-state index contributed by atoms with van der Waals surface area (Å²) < 4.78 is 5.76. The zero-order valence-electron chi connectivity index (χ0n) is 15.0. The molecule has 144 valence electrons. The smallest absolute Gasteiger partial charge is 0.257 e. The number of anilines is 2. The van der Waals surface area contributed by atoms with Crippen LogP contribution in [-0.4, -0.2) is 41.5 Å². The lowest BCUT2D eigenvalue weighted by Crippen LogP contribution is -2.13. The van der Waals surface area contributed by atoms with E-state index in [0.717, 1.165) is 10.1 Å². The summed E-state index contributed by atoms with van der Waals surface area (Å²) in [6, 6.07) is 15.6. The molecule has 3 aromatic rings. The topological polar surface area (TPSA) is 93.2 Å². The molecule has 9 heteroatoms. The van der Waals surface area contributed by atoms with Crippen LogP contribution in [0.5, 0.6) is 0 Å². The van der Waals surface area contributed by atoms with Gasteiger partial charge in [-0.2, -0.15) is 0 Å². The monoisotopic (exact) mass is 414 g/mol. The van der Waals surface area contributed by atoms with Crippen molar-refractivity contribution in [2.75, 3.05) is 30.1 Å². The molecule has 7 nitrogen and oxygen atoms in total. The number of ether oxygens (including phenoxy) is 1. The number of methoxy groups -OCH3 is 1. The van der Waals surface area contributed by atoms with Gasteiger partial charge in [-0.05, 0) is 36.4 Å². The molecule has 1 heterocycles. The van der Waals surface area contributed by atoms with Crippen LogP contribution >= 0.6 is 23.1 Å². The molecule has 2 amide bonds. The number of benzene rings is 2. The summed E-state index contributed by atoms with van der Waals surface area (Å²) in [5.41, 5.74) is 1.64. The molecule has 0 fully saturated rings. The predicted molar refractivity (Wildman–Crippen MR) is 111 cm³/mol. The molecule has 0 radical (unpaired) electrons. The number of thioether (sulfide) groups is 1. The molecular weight excluding hydrogens is 396 g/mol. The normalized spacial score (nSPS) is 10.5. The molecule has 0 bridgehead atoms. The Morgan fingerprint density at radius 1 is 0.964 bits per heavy atom. The standard InChI is InChI=1S/C19H18N4O3S2/c1-26-11-12-27-19-23-22-18(28-19)21-17(25)14-7-9-15(10-8-14)20-16(24)13-5-3-2-4-6-13/h2-10H,11-12H2,1H3,(H,20,24)(H,21,22,25). The van der Waals surface area contributed by atoms with E-state index >= 15 is 0 Å². The maximum atomic E-state index is 12.4. The second-order valence-corrected chi connectivity index (χ2v) is 7.89. The fraction of sp³-hybridized carbons (Fsp3) is 0.158. The summed E-state index contributed by atoms with van der Waals surface area (Å²) in [4.78, 5) is 24.5. The largest absolute Gasteiger partial charge is 0.384 e. The molecule has 0 aliphatic heterocycles. The first kappa shape index (κ1) is 20.0. The van der Waals surface area contributed by atoms with Crippen LogP contribution in [0.25, 0.3) is 0 Å². The number of nitrogens with one attached hydrogen (secondary N) is 2. The zero-order valence-corrected chi connectivity index (χ0v) is 16.7. The molecule has 0 atom stereocenters. The molecule has 0 saturated carbocycles. The highest BCUT2D eigenvalue weighted by atomic mass is 32.2. The molecule has 0 unspecified atom stereocenters. The van der Waals surface area contributed by atoms with Crippen molar-refractivity contribution in [3.05, 3.63) is 65.7 Å². The average molecular weight is 415 g/mol. The first-order valence-electron chi connectivity index (χ1n) is 8.39. The SMILES string of the molecule is COCCSc1nnc(NC(=O)c2ccc(NC(=O)c3ccccc3)cc2)s1. The van der Waals surface area contributed by atoms with Crippen LogP contribution in [0.2, 0.25) is 0 Å². The molecule has 0 aliphatic rings. The Morgan fingerprint density at radius 3 is 2.36 bits per heavy atom. The Bertz CT molecular complexity index is 930. The van der Waals surface area contributed by atoms with Gasteiger partial charge in [0.1, 0.15) is 0 Å². The second kappa shape index (κ2) is 9.98. The summed E-state index contributed by atoms with van der Waals surface area (Å²) in [5, 5.41) is 14.0. The molecule has 28 heavy (non-hydrogen) atoms. The number of carbonyl (C=O) groups excluding carboxylic acids is 2. The Hall–Kier alpha value is -2.75. The van der Waals surface area contributed by atoms with Crippen LogP contribution in [0, 0.1) is 0 Å². The Balaban J connectivity index is 1.55. The quantitative estimate of drug-likeness (QED) is 0.331. The molecular formula is C19H18N4O3S2. The number of hydrogen-bond acceptors (Lipinski definition) is 7. The summed E-state index contributed by atoms with van der Waals surface area (Å²) in [7, 11) is 1.64. The van der Waals surface area contributed by atoms with Crippen LogP contribution in [-0.2, 0) is 4.74 Å². The van der Waals surface area contributed by atoms with Gasteiger partial charge < -0.3 is 10.1 Å². The van der Waals surface area contributed by atoms with Gasteiger partial charge in [-0.3, -0.25) is 14.9 Å². The van der Waals surface area contributed by atoms with E-state index in [4.69, 9.17) is 4.74 Å². The summed E-state index contributed by atoms with van der Waals surface area (Å²) >= 11 is 2.83. The third-order valence-corrected chi connectivity index (χ3v) is 5.52. The van der Waals surface area contributed by atoms with Crippen LogP contribution < -0.4 is 10.6 Å². The van der Waals surface area contributed by atoms with Crippen molar-refractivity contribution in [1.29, 1.82) is 0 Å². The van der Waals surface area contributed by atoms with Crippen molar-refractivity contribution in [3.8, 4) is 0 Å². The second-order valence-electron chi connectivity index (χ2n) is 5.57. The van der Waals surface area contributed by atoms with E-state index in [-0.39, 0.29) is 11.8 Å². The highest BCUT2D eigenvalue weighted by Crippen LogP contribution is 2.25. The maximum Gasteiger partial charge on any atom is 0.257 e. The van der Waals surface area contributed by atoms with Crippen molar-refractivity contribution in [1.82, 2.24) is 10.2 Å². The van der Waals surface area contributed by atoms with Crippen LogP contribution in [0.15, 0.2) is 58.9 Å². The lowest BCUT2D eigenvalue weighted by atomic mass is 10.1. The molecule has 1 aromatic heterocycles. The zero-order chi connectivity index (χ0) is 19.8. The van der Waals surface area contributed by atoms with Crippen LogP contribution in [0.1, 0.15) is 20.7 Å². The fourth-order valence-electron chi connectivity index (χ4n) is 2.20. The van der Waals surface area contributed by atoms with Crippen LogP contribution in [0.4, 0.5) is 10.8 Å². The van der Waals surface area contributed by atoms with E-state index in [9.17, 15) is 9.59 Å². The lowest BCUT2D eigenvalue weighted by Gasteiger charge is -2.06. The van der Waals surface area contributed by atoms with Crippen molar-refractivity contribution in [2.45, 2.75) is 4.34 Å². The highest BCUT2D eigenvalue weighted by molar-refractivity contribution is 8.01. The molecule has 0 spiro atoms. The number of carbonyl (C=O) groups is 2. The van der Waals surface area contributed by atoms with E-state index < -0.39 is 0 Å². The Kier molecular flexibility index (Phi) is 7.12. The van der Waals surface area contributed by atoms with Gasteiger partial charge >= 0.3 is 0 Å². The predicted octanol–water partition coefficient (Wildman–Crippen LogP) is 3.78. The fourth-order valence-corrected chi connectivity index (χ4v) is 3.92. The van der Waals surface area contributed by atoms with E-state index in [1.807, 2.05) is 6.07 Å². The van der Waals surface area contributed by atoms with E-state index in [0.29, 0.717) is 28.6 Å². The van der Waals surface area contributed by atoms with Crippen molar-refractivity contribution >= 4 is 45.7 Å². The first-order valence-corrected chi connectivity index (χ1v) is 10.2. The minimum Gasteiger partial charge on any atom is -0.384 e. The van der Waals surface area contributed by atoms with Crippen molar-refractivity contribution < 1.29 is 14.3 Å². The highest BCUT2D eigenvalue weighted by Gasteiger charge is 2.11. The third kappa shape index (κ3) is 5.62. The van der Waals surface area contributed by atoms with Crippen molar-refractivity contribution in [2.24, 2.45) is 0 Å².